The molecular weight excluding hydrogens is 242 g/mol. The Morgan fingerprint density at radius 1 is 1.05 bits per heavy atom. The summed E-state index contributed by atoms with van der Waals surface area (Å²) in [7, 11) is 1.47. The number of hydrogen-bond donors (Lipinski definition) is 3. The maximum Gasteiger partial charge on any atom is 0.160 e. The fraction of sp³-hybridized carbons (Fsp3) is 0.200. The molecule has 4 heteroatoms. The van der Waals surface area contributed by atoms with Crippen molar-refractivity contribution in [1.82, 2.24) is 0 Å². The number of ether oxygens (including phenoxy) is 1. The molecule has 0 spiro atoms. The van der Waals surface area contributed by atoms with Gasteiger partial charge in [0.1, 0.15) is 0 Å². The van der Waals surface area contributed by atoms with Crippen LogP contribution in [0, 0.1) is 0 Å². The number of hydrogen-bond acceptors (Lipinski definition) is 4. The predicted octanol–water partition coefficient (Wildman–Crippen LogP) is 2.13. The molecule has 0 fully saturated rings. The molecule has 2 aromatic carbocycles. The number of aliphatic hydroxyl groups is 1. The van der Waals surface area contributed by atoms with Crippen molar-refractivity contribution in [2.75, 3.05) is 7.11 Å². The Morgan fingerprint density at radius 2 is 1.74 bits per heavy atom. The van der Waals surface area contributed by atoms with Gasteiger partial charge in [0.25, 0.3) is 0 Å². The minimum atomic E-state index is -0.890. The van der Waals surface area contributed by atoms with E-state index in [9.17, 15) is 10.2 Å². The van der Waals surface area contributed by atoms with E-state index in [1.807, 2.05) is 30.3 Å². The van der Waals surface area contributed by atoms with Crippen LogP contribution in [-0.2, 0) is 0 Å². The molecule has 2 unspecified atom stereocenters. The number of methoxy groups -OCH3 is 1. The van der Waals surface area contributed by atoms with Crippen LogP contribution in [-0.4, -0.2) is 17.3 Å². The lowest BCUT2D eigenvalue weighted by Crippen LogP contribution is -2.19. The highest BCUT2D eigenvalue weighted by molar-refractivity contribution is 5.43. The highest BCUT2D eigenvalue weighted by Crippen LogP contribution is 2.32. The van der Waals surface area contributed by atoms with Crippen molar-refractivity contribution in [3.05, 3.63) is 59.7 Å². The van der Waals surface area contributed by atoms with E-state index in [-0.39, 0.29) is 5.75 Å². The summed E-state index contributed by atoms with van der Waals surface area (Å²) in [5.41, 5.74) is 7.42. The zero-order valence-electron chi connectivity index (χ0n) is 10.7. The summed E-state index contributed by atoms with van der Waals surface area (Å²) in [4.78, 5) is 0. The van der Waals surface area contributed by atoms with Crippen molar-refractivity contribution in [3.8, 4) is 11.5 Å². The molecule has 0 amide bonds. The standard InChI is InChI=1S/C15H17NO3/c1-19-13-8-7-11(9-12(13)17)15(18)14(16)10-5-3-2-4-6-10/h2-9,14-15,17-18H,16H2,1H3. The number of aliphatic hydroxyl groups excluding tert-OH is 1. The molecular formula is C15H17NO3. The average molecular weight is 259 g/mol. The van der Waals surface area contributed by atoms with Crippen LogP contribution >= 0.6 is 0 Å². The minimum absolute atomic E-state index is 0.0145. The topological polar surface area (TPSA) is 75.7 Å². The van der Waals surface area contributed by atoms with Gasteiger partial charge in [-0.05, 0) is 23.3 Å². The third-order valence-electron chi connectivity index (χ3n) is 3.07. The normalized spacial score (nSPS) is 13.8. The Labute approximate surface area is 112 Å². The summed E-state index contributed by atoms with van der Waals surface area (Å²) in [5, 5.41) is 20.0. The fourth-order valence-corrected chi connectivity index (χ4v) is 1.96. The third kappa shape index (κ3) is 2.86. The molecule has 2 rings (SSSR count). The lowest BCUT2D eigenvalue weighted by molar-refractivity contribution is 0.146. The molecule has 0 heterocycles. The number of nitrogens with two attached hydrogens (primary N) is 1. The van der Waals surface area contributed by atoms with Gasteiger partial charge >= 0.3 is 0 Å². The van der Waals surface area contributed by atoms with Crippen molar-refractivity contribution in [1.29, 1.82) is 0 Å². The molecule has 0 saturated carbocycles. The van der Waals surface area contributed by atoms with Crippen molar-refractivity contribution in [2.24, 2.45) is 5.73 Å². The van der Waals surface area contributed by atoms with E-state index in [0.29, 0.717) is 11.3 Å². The van der Waals surface area contributed by atoms with Gasteiger partial charge in [-0.3, -0.25) is 0 Å². The van der Waals surface area contributed by atoms with Gasteiger partial charge in [-0.1, -0.05) is 36.4 Å². The first-order chi connectivity index (χ1) is 9.13. The van der Waals surface area contributed by atoms with Gasteiger partial charge in [-0.25, -0.2) is 0 Å². The van der Waals surface area contributed by atoms with Crippen LogP contribution in [0.3, 0.4) is 0 Å². The molecule has 100 valence electrons. The number of phenols is 1. The summed E-state index contributed by atoms with van der Waals surface area (Å²) in [5.74, 6) is 0.351. The van der Waals surface area contributed by atoms with Crippen LogP contribution in [0.4, 0.5) is 0 Å². The van der Waals surface area contributed by atoms with Gasteiger partial charge in [0.2, 0.25) is 0 Å². The quantitative estimate of drug-likeness (QED) is 0.786. The number of phenolic OH excluding ortho intramolecular Hbond substituents is 1. The number of rotatable bonds is 4. The monoisotopic (exact) mass is 259 g/mol. The minimum Gasteiger partial charge on any atom is -0.504 e. The van der Waals surface area contributed by atoms with E-state index in [1.165, 1.54) is 13.2 Å². The summed E-state index contributed by atoms with van der Waals surface area (Å²) < 4.78 is 4.96. The van der Waals surface area contributed by atoms with E-state index in [1.54, 1.807) is 12.1 Å². The second-order valence-corrected chi connectivity index (χ2v) is 4.31. The highest BCUT2D eigenvalue weighted by atomic mass is 16.5. The SMILES string of the molecule is COc1ccc(C(O)C(N)c2ccccc2)cc1O. The van der Waals surface area contributed by atoms with Crippen LogP contribution in [0.15, 0.2) is 48.5 Å². The van der Waals surface area contributed by atoms with Crippen molar-refractivity contribution in [2.45, 2.75) is 12.1 Å². The zero-order valence-corrected chi connectivity index (χ0v) is 10.7. The molecule has 0 aromatic heterocycles. The molecule has 4 N–H and O–H groups in total. The van der Waals surface area contributed by atoms with Crippen molar-refractivity contribution < 1.29 is 14.9 Å². The molecule has 0 aliphatic rings. The second kappa shape index (κ2) is 5.73. The number of aromatic hydroxyl groups is 1. The van der Waals surface area contributed by atoms with Crippen LogP contribution in [0.5, 0.6) is 11.5 Å². The molecule has 4 nitrogen and oxygen atoms in total. The molecule has 2 atom stereocenters. The number of benzene rings is 2. The summed E-state index contributed by atoms with van der Waals surface area (Å²) in [6.45, 7) is 0. The molecule has 2 aromatic rings. The smallest absolute Gasteiger partial charge is 0.160 e. The summed E-state index contributed by atoms with van der Waals surface area (Å²) >= 11 is 0. The molecule has 0 radical (unpaired) electrons. The van der Waals surface area contributed by atoms with Crippen molar-refractivity contribution in [3.63, 3.8) is 0 Å². The zero-order chi connectivity index (χ0) is 13.8. The summed E-state index contributed by atoms with van der Waals surface area (Å²) in [6, 6.07) is 13.6. The maximum atomic E-state index is 10.3. The Balaban J connectivity index is 2.24. The van der Waals surface area contributed by atoms with Crippen LogP contribution in [0.1, 0.15) is 23.3 Å². The molecule has 0 saturated heterocycles. The van der Waals surface area contributed by atoms with E-state index in [2.05, 4.69) is 0 Å². The third-order valence-corrected chi connectivity index (χ3v) is 3.07. The van der Waals surface area contributed by atoms with E-state index >= 15 is 0 Å². The first-order valence-electron chi connectivity index (χ1n) is 5.99. The lowest BCUT2D eigenvalue weighted by Gasteiger charge is -2.20. The largest absolute Gasteiger partial charge is 0.504 e. The lowest BCUT2D eigenvalue weighted by atomic mass is 9.96. The Bertz CT molecular complexity index is 542. The first kappa shape index (κ1) is 13.4. The average Bonchev–Trinajstić information content (AvgIpc) is 2.46. The van der Waals surface area contributed by atoms with E-state index in [4.69, 9.17) is 10.5 Å². The summed E-state index contributed by atoms with van der Waals surface area (Å²) in [6.07, 6.45) is -0.890. The van der Waals surface area contributed by atoms with Gasteiger partial charge in [0.15, 0.2) is 11.5 Å². The molecule has 0 aliphatic carbocycles. The molecule has 0 bridgehead atoms. The predicted molar refractivity (Wildman–Crippen MR) is 73.0 cm³/mol. The van der Waals surface area contributed by atoms with Gasteiger partial charge in [0, 0.05) is 0 Å². The Hall–Kier alpha value is -2.04. The molecule has 0 aliphatic heterocycles. The van der Waals surface area contributed by atoms with Gasteiger partial charge < -0.3 is 20.7 Å². The second-order valence-electron chi connectivity index (χ2n) is 4.31. The van der Waals surface area contributed by atoms with Crippen molar-refractivity contribution >= 4 is 0 Å². The van der Waals surface area contributed by atoms with Gasteiger partial charge in [-0.15, -0.1) is 0 Å². The van der Waals surface area contributed by atoms with E-state index in [0.717, 1.165) is 5.56 Å². The molecule has 19 heavy (non-hydrogen) atoms. The van der Waals surface area contributed by atoms with E-state index < -0.39 is 12.1 Å². The van der Waals surface area contributed by atoms with Crippen LogP contribution in [0.2, 0.25) is 0 Å². The highest BCUT2D eigenvalue weighted by Gasteiger charge is 2.19. The van der Waals surface area contributed by atoms with Crippen LogP contribution in [0.25, 0.3) is 0 Å². The fourth-order valence-electron chi connectivity index (χ4n) is 1.96. The first-order valence-corrected chi connectivity index (χ1v) is 5.99. The van der Waals surface area contributed by atoms with Gasteiger partial charge in [-0.2, -0.15) is 0 Å². The Morgan fingerprint density at radius 3 is 2.32 bits per heavy atom. The maximum absolute atomic E-state index is 10.3. The van der Waals surface area contributed by atoms with Gasteiger partial charge in [0.05, 0.1) is 19.3 Å². The Kier molecular flexibility index (Phi) is 4.04. The van der Waals surface area contributed by atoms with Crippen LogP contribution < -0.4 is 10.5 Å².